The van der Waals surface area contributed by atoms with Gasteiger partial charge in [-0.25, -0.2) is 4.79 Å². The molecule has 2 aliphatic rings. The molecule has 2 heterocycles. The number of nitrogens with two attached hydrogens (primary N) is 1. The van der Waals surface area contributed by atoms with Crippen LogP contribution in [0.4, 0.5) is 4.79 Å². The van der Waals surface area contributed by atoms with Crippen LogP contribution >= 0.6 is 12.4 Å². The number of halogens is 1. The van der Waals surface area contributed by atoms with Crippen molar-refractivity contribution < 1.29 is 9.53 Å². The van der Waals surface area contributed by atoms with Gasteiger partial charge in [0.25, 0.3) is 0 Å². The lowest BCUT2D eigenvalue weighted by Crippen LogP contribution is -2.41. The number of aryl methyl sites for hydroxylation is 4. The quantitative estimate of drug-likeness (QED) is 0.319. The minimum Gasteiger partial charge on any atom is -0.444 e. The summed E-state index contributed by atoms with van der Waals surface area (Å²) in [6.07, 6.45) is 13.1. The molecule has 3 N–H and O–H groups in total. The minimum absolute atomic E-state index is 0. The lowest BCUT2D eigenvalue weighted by molar-refractivity contribution is 0.0485. The molecule has 2 aliphatic carbocycles. The van der Waals surface area contributed by atoms with Gasteiger partial charge in [0.2, 0.25) is 0 Å². The number of aromatic nitrogens is 4. The number of ether oxygens (including phenoxy) is 1. The smallest absolute Gasteiger partial charge is 0.407 e. The van der Waals surface area contributed by atoms with Crippen LogP contribution in [0.2, 0.25) is 0 Å². The molecule has 240 valence electrons. The van der Waals surface area contributed by atoms with Gasteiger partial charge < -0.3 is 15.8 Å². The van der Waals surface area contributed by atoms with Gasteiger partial charge in [-0.2, -0.15) is 10.2 Å². The molecule has 0 radical (unpaired) electrons. The summed E-state index contributed by atoms with van der Waals surface area (Å²) in [5, 5.41) is 12.4. The third kappa shape index (κ3) is 11.6. The van der Waals surface area contributed by atoms with Gasteiger partial charge >= 0.3 is 6.09 Å². The van der Waals surface area contributed by atoms with Crippen LogP contribution in [0.5, 0.6) is 0 Å². The van der Waals surface area contributed by atoms with Crippen molar-refractivity contribution in [3.8, 4) is 0 Å². The highest BCUT2D eigenvalue weighted by atomic mass is 35.5. The zero-order valence-electron chi connectivity index (χ0n) is 27.5. The number of rotatable bonds is 9. The van der Waals surface area contributed by atoms with Crippen molar-refractivity contribution in [2.24, 2.45) is 17.6 Å². The first kappa shape index (κ1) is 36.1. The number of nitrogens with zero attached hydrogens (tertiary/aromatic N) is 4. The summed E-state index contributed by atoms with van der Waals surface area (Å²) in [6.45, 7) is 16.5. The van der Waals surface area contributed by atoms with E-state index < -0.39 is 5.60 Å². The Hall–Kier alpha value is -2.06. The van der Waals surface area contributed by atoms with Crippen LogP contribution in [0.3, 0.4) is 0 Å². The van der Waals surface area contributed by atoms with E-state index in [1.54, 1.807) is 0 Å². The summed E-state index contributed by atoms with van der Waals surface area (Å²) in [4.78, 5) is 11.9. The highest BCUT2D eigenvalue weighted by molar-refractivity contribution is 5.85. The number of carbonyl (C=O) groups is 1. The lowest BCUT2D eigenvalue weighted by Gasteiger charge is -2.30. The average molecular weight is 607 g/mol. The molecular formula is C33H59ClN6O2. The van der Waals surface area contributed by atoms with E-state index in [1.807, 2.05) is 20.8 Å². The van der Waals surface area contributed by atoms with Gasteiger partial charge in [-0.1, -0.05) is 27.7 Å². The zero-order chi connectivity index (χ0) is 30.0. The van der Waals surface area contributed by atoms with E-state index in [4.69, 9.17) is 20.7 Å². The summed E-state index contributed by atoms with van der Waals surface area (Å²) in [6, 6.07) is 5.18. The van der Waals surface area contributed by atoms with E-state index in [0.717, 1.165) is 70.4 Å². The second-order valence-corrected chi connectivity index (χ2v) is 13.2. The molecule has 8 nitrogen and oxygen atoms in total. The van der Waals surface area contributed by atoms with Crippen molar-refractivity contribution in [2.75, 3.05) is 0 Å². The predicted molar refractivity (Wildman–Crippen MR) is 174 cm³/mol. The molecular weight excluding hydrogens is 548 g/mol. The summed E-state index contributed by atoms with van der Waals surface area (Å²) in [5.41, 5.74) is 10.7. The Bertz CT molecular complexity index is 1060. The standard InChI is InChI=1S/C19H33N3O2.C14H25N3.ClH/c1-6-15-12-17(7-2)22(21-15)13-14-8-10-16(11-9-14)20-18(23)24-19(3,4)5;1-3-13-9-14(4-2)17(16-13)10-11-5-7-12(15)8-6-11;/h12,14,16H,6-11,13H2,1-5H3,(H,20,23);9,11-12H,3-8,10,15H2,1-2H3;1H/t14-,16-;11-,12-;. The number of amides is 1. The number of hydrogen-bond acceptors (Lipinski definition) is 5. The maximum Gasteiger partial charge on any atom is 0.407 e. The van der Waals surface area contributed by atoms with Crippen LogP contribution in [0, 0.1) is 11.8 Å². The Balaban J connectivity index is 0.000000302. The number of carbonyl (C=O) groups excluding carboxylic acids is 1. The molecule has 1 amide bonds. The molecule has 0 unspecified atom stereocenters. The fourth-order valence-electron chi connectivity index (χ4n) is 6.08. The zero-order valence-corrected chi connectivity index (χ0v) is 28.3. The SMILES string of the molecule is CCc1cc(CC)n(C[C@H]2CC[C@H](N)CC2)n1.CCc1cc(CC)n(C[C@H]2CC[C@H](NC(=O)OC(C)(C)C)CC2)n1.Cl. The Labute approximate surface area is 261 Å². The van der Waals surface area contributed by atoms with Crippen molar-refractivity contribution in [1.82, 2.24) is 24.9 Å². The molecule has 2 fully saturated rings. The van der Waals surface area contributed by atoms with Crippen LogP contribution in [0.15, 0.2) is 12.1 Å². The summed E-state index contributed by atoms with van der Waals surface area (Å²) in [5.74, 6) is 1.43. The Kier molecular flexibility index (Phi) is 14.9. The fraction of sp³-hybridized carbons (Fsp3) is 0.788. The molecule has 2 aromatic rings. The predicted octanol–water partition coefficient (Wildman–Crippen LogP) is 7.04. The summed E-state index contributed by atoms with van der Waals surface area (Å²) in [7, 11) is 0. The number of hydrogen-bond donors (Lipinski definition) is 2. The van der Waals surface area contributed by atoms with E-state index in [9.17, 15) is 4.79 Å². The Morgan fingerprint density at radius 2 is 1.24 bits per heavy atom. The van der Waals surface area contributed by atoms with Crippen molar-refractivity contribution in [2.45, 2.75) is 156 Å². The second kappa shape index (κ2) is 17.3. The topological polar surface area (TPSA) is 100.0 Å². The third-order valence-corrected chi connectivity index (χ3v) is 8.60. The van der Waals surface area contributed by atoms with E-state index in [0.29, 0.717) is 12.0 Å². The van der Waals surface area contributed by atoms with Gasteiger partial charge in [0.05, 0.1) is 11.4 Å². The second-order valence-electron chi connectivity index (χ2n) is 13.2. The first-order chi connectivity index (χ1) is 19.5. The van der Waals surface area contributed by atoms with Crippen molar-refractivity contribution in [3.05, 3.63) is 34.9 Å². The van der Waals surface area contributed by atoms with Crippen molar-refractivity contribution in [3.63, 3.8) is 0 Å². The largest absolute Gasteiger partial charge is 0.444 e. The minimum atomic E-state index is -0.436. The number of alkyl carbamates (subject to hydrolysis) is 1. The van der Waals surface area contributed by atoms with Crippen LogP contribution in [-0.2, 0) is 43.5 Å². The fourth-order valence-corrected chi connectivity index (χ4v) is 6.08. The van der Waals surface area contributed by atoms with Crippen LogP contribution in [0.1, 0.15) is 123 Å². The molecule has 2 saturated carbocycles. The molecule has 0 aromatic carbocycles. The van der Waals surface area contributed by atoms with Crippen LogP contribution < -0.4 is 11.1 Å². The molecule has 9 heteroatoms. The number of nitrogens with one attached hydrogen (secondary N) is 1. The van der Waals surface area contributed by atoms with E-state index in [2.05, 4.69) is 54.5 Å². The Morgan fingerprint density at radius 3 is 1.62 bits per heavy atom. The molecule has 0 bridgehead atoms. The maximum absolute atomic E-state index is 11.9. The molecule has 2 aromatic heterocycles. The van der Waals surface area contributed by atoms with Gasteiger partial charge in [-0.15, -0.1) is 12.4 Å². The van der Waals surface area contributed by atoms with E-state index in [-0.39, 0.29) is 24.5 Å². The van der Waals surface area contributed by atoms with Crippen molar-refractivity contribution in [1.29, 1.82) is 0 Å². The van der Waals surface area contributed by atoms with Crippen molar-refractivity contribution >= 4 is 18.5 Å². The van der Waals surface area contributed by atoms with Crippen LogP contribution in [0.25, 0.3) is 0 Å². The highest BCUT2D eigenvalue weighted by Crippen LogP contribution is 2.27. The average Bonchev–Trinajstić information content (AvgIpc) is 3.53. The first-order valence-electron chi connectivity index (χ1n) is 16.4. The highest BCUT2D eigenvalue weighted by Gasteiger charge is 2.25. The monoisotopic (exact) mass is 606 g/mol. The normalized spacial score (nSPS) is 22.5. The third-order valence-electron chi connectivity index (χ3n) is 8.60. The molecule has 0 aliphatic heterocycles. The van der Waals surface area contributed by atoms with Gasteiger partial charge in [-0.3, -0.25) is 9.36 Å². The van der Waals surface area contributed by atoms with Gasteiger partial charge in [-0.05, 0) is 122 Å². The van der Waals surface area contributed by atoms with Gasteiger partial charge in [0.1, 0.15) is 5.60 Å². The van der Waals surface area contributed by atoms with E-state index >= 15 is 0 Å². The summed E-state index contributed by atoms with van der Waals surface area (Å²) < 4.78 is 9.78. The lowest BCUT2D eigenvalue weighted by atomic mass is 9.86. The first-order valence-corrected chi connectivity index (χ1v) is 16.4. The Morgan fingerprint density at radius 1 is 0.810 bits per heavy atom. The van der Waals surface area contributed by atoms with E-state index in [1.165, 1.54) is 48.5 Å². The molecule has 0 spiro atoms. The maximum atomic E-state index is 11.9. The molecule has 0 saturated heterocycles. The molecule has 4 rings (SSSR count). The van der Waals surface area contributed by atoms with Crippen LogP contribution in [-0.4, -0.2) is 43.3 Å². The summed E-state index contributed by atoms with van der Waals surface area (Å²) >= 11 is 0. The van der Waals surface area contributed by atoms with Gasteiger partial charge in [0, 0.05) is 36.6 Å². The van der Waals surface area contributed by atoms with Gasteiger partial charge in [0.15, 0.2) is 0 Å². The molecule has 0 atom stereocenters. The molecule has 42 heavy (non-hydrogen) atoms.